The van der Waals surface area contributed by atoms with Gasteiger partial charge in [-0.05, 0) is 18.1 Å². The van der Waals surface area contributed by atoms with Crippen LogP contribution in [0, 0.1) is 0 Å². The van der Waals surface area contributed by atoms with Crippen LogP contribution in [0.4, 0.5) is 0 Å². The first kappa shape index (κ1) is 13.5. The molecule has 1 aromatic rings. The van der Waals surface area contributed by atoms with Gasteiger partial charge in [0.2, 0.25) is 0 Å². The summed E-state index contributed by atoms with van der Waals surface area (Å²) in [6.45, 7) is 5.97. The predicted molar refractivity (Wildman–Crippen MR) is 63.0 cm³/mol. The van der Waals surface area contributed by atoms with Crippen LogP contribution in [0.1, 0.15) is 18.9 Å². The molecule has 0 amide bonds. The first-order chi connectivity index (χ1) is 7.17. The zero-order chi connectivity index (χ0) is 11.7. The van der Waals surface area contributed by atoms with E-state index in [2.05, 4.69) is 6.58 Å². The fraction of sp³-hybridized carbons (Fsp3) is 0.333. The van der Waals surface area contributed by atoms with Gasteiger partial charge in [0.15, 0.2) is 11.5 Å². The van der Waals surface area contributed by atoms with Gasteiger partial charge in [0, 0.05) is 6.54 Å². The molecule has 0 saturated heterocycles. The molecule has 0 unspecified atom stereocenters. The Hall–Kier alpha value is -1.48. The van der Waals surface area contributed by atoms with Crippen LogP contribution in [-0.4, -0.2) is 16.8 Å². The molecule has 0 heterocycles. The average molecular weight is 209 g/mol. The number of aryl methyl sites for hydroxylation is 1. The summed E-state index contributed by atoms with van der Waals surface area (Å²) in [5.74, 6) is -0.00898. The highest BCUT2D eigenvalue weighted by Gasteiger charge is 2.02. The van der Waals surface area contributed by atoms with Gasteiger partial charge in [0.25, 0.3) is 0 Å². The third kappa shape index (κ3) is 5.08. The SMILES string of the molecule is C=CCN.CCCc1cccc(O)c1O. The molecule has 0 spiro atoms. The molecule has 0 fully saturated rings. The third-order valence-corrected chi connectivity index (χ3v) is 1.78. The van der Waals surface area contributed by atoms with E-state index in [0.717, 1.165) is 18.4 Å². The summed E-state index contributed by atoms with van der Waals surface area (Å²) < 4.78 is 0. The number of phenolic OH excluding ortho intramolecular Hbond substituents is 2. The van der Waals surface area contributed by atoms with E-state index in [1.807, 2.05) is 13.0 Å². The number of phenols is 2. The van der Waals surface area contributed by atoms with Crippen LogP contribution in [0.15, 0.2) is 30.9 Å². The number of hydrogen-bond donors (Lipinski definition) is 3. The van der Waals surface area contributed by atoms with Gasteiger partial charge in [-0.1, -0.05) is 31.6 Å². The molecule has 4 N–H and O–H groups in total. The molecule has 1 rings (SSSR count). The highest BCUT2D eigenvalue weighted by atomic mass is 16.3. The van der Waals surface area contributed by atoms with Crippen molar-refractivity contribution in [2.24, 2.45) is 5.73 Å². The number of benzene rings is 1. The van der Waals surface area contributed by atoms with Crippen LogP contribution in [0.25, 0.3) is 0 Å². The maximum atomic E-state index is 9.28. The summed E-state index contributed by atoms with van der Waals surface area (Å²) in [6.07, 6.45) is 3.43. The van der Waals surface area contributed by atoms with Crippen LogP contribution in [0.2, 0.25) is 0 Å². The fourth-order valence-electron chi connectivity index (χ4n) is 1.05. The molecule has 0 aromatic heterocycles. The topological polar surface area (TPSA) is 66.5 Å². The number of rotatable bonds is 3. The lowest BCUT2D eigenvalue weighted by Crippen LogP contribution is -1.90. The molecule has 0 saturated carbocycles. The van der Waals surface area contributed by atoms with Crippen LogP contribution >= 0.6 is 0 Å². The van der Waals surface area contributed by atoms with Gasteiger partial charge in [-0.15, -0.1) is 6.58 Å². The van der Waals surface area contributed by atoms with E-state index < -0.39 is 0 Å². The van der Waals surface area contributed by atoms with Crippen LogP contribution in [-0.2, 0) is 6.42 Å². The zero-order valence-electron chi connectivity index (χ0n) is 9.11. The summed E-state index contributed by atoms with van der Waals surface area (Å²) in [5, 5.41) is 18.4. The molecule has 84 valence electrons. The second-order valence-electron chi connectivity index (χ2n) is 3.06. The van der Waals surface area contributed by atoms with Crippen molar-refractivity contribution in [1.29, 1.82) is 0 Å². The number of aromatic hydroxyl groups is 2. The summed E-state index contributed by atoms with van der Waals surface area (Å²) in [6, 6.07) is 5.03. The Morgan fingerprint density at radius 1 is 1.40 bits per heavy atom. The average Bonchev–Trinajstić information content (AvgIpc) is 2.25. The van der Waals surface area contributed by atoms with Crippen molar-refractivity contribution in [2.75, 3.05) is 6.54 Å². The van der Waals surface area contributed by atoms with Gasteiger partial charge >= 0.3 is 0 Å². The van der Waals surface area contributed by atoms with Crippen molar-refractivity contribution < 1.29 is 10.2 Å². The van der Waals surface area contributed by atoms with Crippen molar-refractivity contribution in [3.63, 3.8) is 0 Å². The van der Waals surface area contributed by atoms with E-state index >= 15 is 0 Å². The summed E-state index contributed by atoms with van der Waals surface area (Å²) in [7, 11) is 0. The number of para-hydroxylation sites is 1. The molecule has 0 bridgehead atoms. The molecule has 0 aliphatic rings. The molecule has 15 heavy (non-hydrogen) atoms. The highest BCUT2D eigenvalue weighted by Crippen LogP contribution is 2.28. The van der Waals surface area contributed by atoms with Crippen molar-refractivity contribution >= 4 is 0 Å². The monoisotopic (exact) mass is 209 g/mol. The second-order valence-corrected chi connectivity index (χ2v) is 3.06. The Morgan fingerprint density at radius 3 is 2.47 bits per heavy atom. The zero-order valence-corrected chi connectivity index (χ0v) is 9.11. The summed E-state index contributed by atoms with van der Waals surface area (Å²) >= 11 is 0. The molecule has 3 heteroatoms. The van der Waals surface area contributed by atoms with Crippen molar-refractivity contribution in [3.8, 4) is 11.5 Å². The maximum Gasteiger partial charge on any atom is 0.160 e. The molecular formula is C12H19NO2. The summed E-state index contributed by atoms with van der Waals surface area (Å²) in [4.78, 5) is 0. The van der Waals surface area contributed by atoms with E-state index in [-0.39, 0.29) is 11.5 Å². The van der Waals surface area contributed by atoms with Crippen LogP contribution < -0.4 is 5.73 Å². The molecule has 3 nitrogen and oxygen atoms in total. The van der Waals surface area contributed by atoms with Gasteiger partial charge in [0.1, 0.15) is 0 Å². The van der Waals surface area contributed by atoms with Gasteiger partial charge in [0.05, 0.1) is 0 Å². The van der Waals surface area contributed by atoms with E-state index in [1.54, 1.807) is 12.1 Å². The van der Waals surface area contributed by atoms with E-state index in [9.17, 15) is 5.11 Å². The van der Waals surface area contributed by atoms with E-state index in [4.69, 9.17) is 10.8 Å². The minimum Gasteiger partial charge on any atom is -0.504 e. The van der Waals surface area contributed by atoms with Gasteiger partial charge in [-0.2, -0.15) is 0 Å². The van der Waals surface area contributed by atoms with Crippen LogP contribution in [0.3, 0.4) is 0 Å². The largest absolute Gasteiger partial charge is 0.504 e. The Bertz CT molecular complexity index is 298. The normalized spacial score (nSPS) is 8.93. The predicted octanol–water partition coefficient (Wildman–Crippen LogP) is 2.18. The Balaban J connectivity index is 0.000000423. The van der Waals surface area contributed by atoms with E-state index in [0.29, 0.717) is 6.54 Å². The third-order valence-electron chi connectivity index (χ3n) is 1.78. The number of hydrogen-bond acceptors (Lipinski definition) is 3. The first-order valence-corrected chi connectivity index (χ1v) is 4.98. The molecule has 0 radical (unpaired) electrons. The quantitative estimate of drug-likeness (QED) is 0.528. The lowest BCUT2D eigenvalue weighted by atomic mass is 10.1. The maximum absolute atomic E-state index is 9.28. The summed E-state index contributed by atoms with van der Waals surface area (Å²) in [5.41, 5.74) is 5.72. The molecule has 1 aromatic carbocycles. The Kier molecular flexibility index (Phi) is 7.10. The molecule has 0 aliphatic carbocycles. The van der Waals surface area contributed by atoms with Crippen molar-refractivity contribution in [1.82, 2.24) is 0 Å². The lowest BCUT2D eigenvalue weighted by molar-refractivity contribution is 0.399. The van der Waals surface area contributed by atoms with Gasteiger partial charge in [-0.3, -0.25) is 0 Å². The first-order valence-electron chi connectivity index (χ1n) is 4.98. The van der Waals surface area contributed by atoms with Gasteiger partial charge < -0.3 is 15.9 Å². The fourth-order valence-corrected chi connectivity index (χ4v) is 1.05. The van der Waals surface area contributed by atoms with Crippen molar-refractivity contribution in [2.45, 2.75) is 19.8 Å². The van der Waals surface area contributed by atoms with Crippen molar-refractivity contribution in [3.05, 3.63) is 36.4 Å². The van der Waals surface area contributed by atoms with Crippen LogP contribution in [0.5, 0.6) is 11.5 Å². The molecule has 0 atom stereocenters. The molecular weight excluding hydrogens is 190 g/mol. The van der Waals surface area contributed by atoms with E-state index in [1.165, 1.54) is 6.07 Å². The Labute approximate surface area is 90.9 Å². The smallest absolute Gasteiger partial charge is 0.160 e. The lowest BCUT2D eigenvalue weighted by Gasteiger charge is -2.03. The van der Waals surface area contributed by atoms with Gasteiger partial charge in [-0.25, -0.2) is 0 Å². The second kappa shape index (κ2) is 7.88. The Morgan fingerprint density at radius 2 is 2.00 bits per heavy atom. The number of nitrogens with two attached hydrogens (primary N) is 1. The standard InChI is InChI=1S/C9H12O2.C3H7N/c1-2-4-7-5-3-6-8(10)9(7)11;1-2-3-4/h3,5-6,10-11H,2,4H2,1H3;2H,1,3-4H2. The minimum absolute atomic E-state index is 0.0225. The molecule has 0 aliphatic heterocycles. The minimum atomic E-state index is -0.0315. The highest BCUT2D eigenvalue weighted by molar-refractivity contribution is 5.44.